The van der Waals surface area contributed by atoms with Crippen LogP contribution in [-0.4, -0.2) is 118 Å². The van der Waals surface area contributed by atoms with E-state index in [1.54, 1.807) is 24.3 Å². The van der Waals surface area contributed by atoms with E-state index >= 15 is 0 Å². The highest BCUT2D eigenvalue weighted by Gasteiger charge is 2.31. The first kappa shape index (κ1) is 47.9. The molecule has 0 aliphatic carbocycles. The summed E-state index contributed by atoms with van der Waals surface area (Å²) in [5.41, 5.74) is -1.06. The molecule has 63 heavy (non-hydrogen) atoms. The van der Waals surface area contributed by atoms with Gasteiger partial charge in [0.1, 0.15) is 5.75 Å². The minimum atomic E-state index is -4.53. The molecular weight excluding hydrogens is 840 g/mol. The topological polar surface area (TPSA) is 156 Å². The summed E-state index contributed by atoms with van der Waals surface area (Å²) >= 11 is 0. The molecule has 0 bridgehead atoms. The second kappa shape index (κ2) is 22.8. The number of nitrogens with zero attached hydrogens (tertiary/aromatic N) is 2. The van der Waals surface area contributed by atoms with Crippen LogP contribution in [0.25, 0.3) is 0 Å². The molecule has 2 saturated heterocycles. The number of ketones is 2. The average molecular weight is 886 g/mol. The van der Waals surface area contributed by atoms with Gasteiger partial charge in [-0.25, -0.2) is 0 Å². The monoisotopic (exact) mass is 885 g/mol. The molecule has 0 spiro atoms. The second-order valence-electron chi connectivity index (χ2n) is 14.2. The number of anilines is 2. The molecule has 0 atom stereocenters. The van der Waals surface area contributed by atoms with Crippen LogP contribution in [0.1, 0.15) is 48.6 Å². The molecule has 4 aromatic carbocycles. The molecule has 13 nitrogen and oxygen atoms in total. The minimum Gasteiger partial charge on any atom is -0.493 e. The molecule has 19 heteroatoms. The van der Waals surface area contributed by atoms with Crippen molar-refractivity contribution in [2.45, 2.75) is 18.8 Å². The molecule has 2 heterocycles. The summed E-state index contributed by atoms with van der Waals surface area (Å²) in [6, 6.07) is 19.4. The Morgan fingerprint density at radius 1 is 0.571 bits per heavy atom. The molecule has 2 aliphatic rings. The number of hydrogen-bond donors (Lipinski definition) is 3. The Bertz CT molecular complexity index is 2160. The first-order valence-electron chi connectivity index (χ1n) is 19.8. The van der Waals surface area contributed by atoms with Gasteiger partial charge < -0.3 is 30.2 Å². The molecule has 336 valence electrons. The van der Waals surface area contributed by atoms with Crippen LogP contribution in [0.15, 0.2) is 97.1 Å². The number of rotatable bonds is 15. The molecule has 0 aromatic heterocycles. The van der Waals surface area contributed by atoms with Gasteiger partial charge in [-0.05, 0) is 67.1 Å². The van der Waals surface area contributed by atoms with Gasteiger partial charge in [0.25, 0.3) is 29.3 Å². The van der Waals surface area contributed by atoms with Crippen molar-refractivity contribution in [1.82, 2.24) is 15.1 Å². The highest BCUT2D eigenvalue weighted by molar-refractivity contribution is 6.47. The fraction of sp³-hybridized carbons (Fsp3) is 0.341. The third-order valence-electron chi connectivity index (χ3n) is 9.67. The Labute approximate surface area is 358 Å². The number of morpholine rings is 2. The third kappa shape index (κ3) is 15.3. The van der Waals surface area contributed by atoms with Crippen LogP contribution in [-0.2, 0) is 31.4 Å². The smallest absolute Gasteiger partial charge is 0.416 e. The molecule has 3 amide bonds. The first-order valence-corrected chi connectivity index (χ1v) is 19.8. The Kier molecular flexibility index (Phi) is 17.3. The zero-order valence-electron chi connectivity index (χ0n) is 33.9. The van der Waals surface area contributed by atoms with Gasteiger partial charge >= 0.3 is 12.4 Å². The third-order valence-corrected chi connectivity index (χ3v) is 9.67. The van der Waals surface area contributed by atoms with Gasteiger partial charge in [-0.2, -0.15) is 26.3 Å². The lowest BCUT2D eigenvalue weighted by Crippen LogP contribution is -2.41. The Morgan fingerprint density at radius 2 is 1.03 bits per heavy atom. The van der Waals surface area contributed by atoms with Gasteiger partial charge in [-0.1, -0.05) is 30.3 Å². The summed E-state index contributed by atoms with van der Waals surface area (Å²) in [6.07, 6.45) is -8.20. The second-order valence-corrected chi connectivity index (χ2v) is 14.2. The number of nitrogens with one attached hydrogen (secondary N) is 3. The van der Waals surface area contributed by atoms with Gasteiger partial charge in [0.15, 0.2) is 0 Å². The van der Waals surface area contributed by atoms with E-state index in [0.717, 1.165) is 107 Å². The summed E-state index contributed by atoms with van der Waals surface area (Å²) < 4.78 is 92.0. The number of carbonyl (C=O) groups is 5. The van der Waals surface area contributed by atoms with Crippen LogP contribution >= 0.6 is 0 Å². The molecular formula is C44H45F6N5O8. The quantitative estimate of drug-likeness (QED) is 0.0543. The number of amides is 3. The summed E-state index contributed by atoms with van der Waals surface area (Å²) in [6.45, 7) is 8.94. The van der Waals surface area contributed by atoms with Crippen LogP contribution in [0.2, 0.25) is 0 Å². The fourth-order valence-corrected chi connectivity index (χ4v) is 6.18. The highest BCUT2D eigenvalue weighted by atomic mass is 19.4. The van der Waals surface area contributed by atoms with Crippen molar-refractivity contribution in [1.29, 1.82) is 0 Å². The maximum Gasteiger partial charge on any atom is 0.416 e. The number of ether oxygens (including phenoxy) is 3. The molecule has 0 radical (unpaired) electrons. The van der Waals surface area contributed by atoms with Gasteiger partial charge in [0, 0.05) is 79.9 Å². The number of Topliss-reactive ketones (excluding diaryl/α,β-unsaturated/α-hetero) is 2. The average Bonchev–Trinajstić information content (AvgIpc) is 3.28. The Morgan fingerprint density at radius 3 is 1.52 bits per heavy atom. The molecule has 0 saturated carbocycles. The Hall–Kier alpha value is -6.15. The number of alkyl halides is 6. The van der Waals surface area contributed by atoms with Crippen molar-refractivity contribution in [3.63, 3.8) is 0 Å². The van der Waals surface area contributed by atoms with Crippen LogP contribution in [0.3, 0.4) is 0 Å². The maximum absolute atomic E-state index is 12.6. The lowest BCUT2D eigenvalue weighted by atomic mass is 10.1. The van der Waals surface area contributed by atoms with Gasteiger partial charge in [0.05, 0.1) is 44.2 Å². The maximum atomic E-state index is 12.6. The van der Waals surface area contributed by atoms with Crippen LogP contribution in [0.5, 0.6) is 5.75 Å². The van der Waals surface area contributed by atoms with E-state index in [9.17, 15) is 50.3 Å². The number of halogens is 6. The van der Waals surface area contributed by atoms with Crippen molar-refractivity contribution < 1.29 is 64.5 Å². The van der Waals surface area contributed by atoms with E-state index in [2.05, 4.69) is 25.8 Å². The van der Waals surface area contributed by atoms with Crippen LogP contribution < -0.4 is 20.7 Å². The highest BCUT2D eigenvalue weighted by Crippen LogP contribution is 2.30. The minimum absolute atomic E-state index is 0.124. The van der Waals surface area contributed by atoms with E-state index in [-0.39, 0.29) is 22.7 Å². The SMILES string of the molecule is O=C(Nc1ccc(C(=O)NCCN2CCOCC2)cc1)C(=O)c1ccc(C(F)(F)F)cc1.O=C(Nc1cccc(OCCCN2CCOCC2)c1)C(=O)c1ccc(C(F)(F)F)cc1. The molecule has 6 rings (SSSR count). The normalized spacial score (nSPS) is 14.7. The van der Waals surface area contributed by atoms with Crippen molar-refractivity contribution >= 4 is 40.7 Å². The predicted octanol–water partition coefficient (Wildman–Crippen LogP) is 6.22. The number of carbonyl (C=O) groups excluding carboxylic acids is 5. The van der Waals surface area contributed by atoms with Gasteiger partial charge in [-0.15, -0.1) is 0 Å². The zero-order chi connectivity index (χ0) is 45.4. The van der Waals surface area contributed by atoms with E-state index in [0.29, 0.717) is 43.4 Å². The molecule has 2 aliphatic heterocycles. The summed E-state index contributed by atoms with van der Waals surface area (Å²) in [4.78, 5) is 65.4. The fourth-order valence-electron chi connectivity index (χ4n) is 6.18. The van der Waals surface area contributed by atoms with Gasteiger partial charge in [0.2, 0.25) is 0 Å². The van der Waals surface area contributed by atoms with Crippen LogP contribution in [0, 0.1) is 0 Å². The first-order chi connectivity index (χ1) is 30.1. The molecule has 2 fully saturated rings. The van der Waals surface area contributed by atoms with Crippen molar-refractivity contribution in [2.24, 2.45) is 0 Å². The van der Waals surface area contributed by atoms with Crippen molar-refractivity contribution in [3.05, 3.63) is 125 Å². The summed E-state index contributed by atoms with van der Waals surface area (Å²) in [5, 5.41) is 7.65. The van der Waals surface area contributed by atoms with E-state index in [1.165, 1.54) is 24.3 Å². The summed E-state index contributed by atoms with van der Waals surface area (Å²) in [7, 11) is 0. The molecule has 4 aromatic rings. The van der Waals surface area contributed by atoms with Gasteiger partial charge in [-0.3, -0.25) is 33.8 Å². The standard InChI is InChI=1S/C22H22F3N3O4.C22H23F3N2O4/c23-22(24,25)17-5-1-15(2-6-17)19(29)21(31)27-18-7-3-16(4-8-18)20(30)26-9-10-28-11-13-32-14-12-28;23-22(24,25)17-7-5-16(6-8-17)20(28)21(29)26-18-3-1-4-19(15-18)31-12-2-9-27-10-13-30-14-11-27/h1-8H,9-14H2,(H,26,30)(H,27,31);1,3-8,15H,2,9-14H2,(H,26,29). The predicted molar refractivity (Wildman–Crippen MR) is 219 cm³/mol. The lowest BCUT2D eigenvalue weighted by Gasteiger charge is -2.26. The summed E-state index contributed by atoms with van der Waals surface area (Å²) in [5.74, 6) is -3.55. The molecule has 3 N–H and O–H groups in total. The largest absolute Gasteiger partial charge is 0.493 e. The van der Waals surface area contributed by atoms with E-state index in [4.69, 9.17) is 14.2 Å². The lowest BCUT2D eigenvalue weighted by molar-refractivity contribution is -0.138. The van der Waals surface area contributed by atoms with Crippen molar-refractivity contribution in [2.75, 3.05) is 89.5 Å². The van der Waals surface area contributed by atoms with E-state index < -0.39 is 46.9 Å². The number of hydrogen-bond acceptors (Lipinski definition) is 10. The van der Waals surface area contributed by atoms with E-state index in [1.807, 2.05) is 0 Å². The van der Waals surface area contributed by atoms with Crippen LogP contribution in [0.4, 0.5) is 37.7 Å². The number of benzene rings is 4. The van der Waals surface area contributed by atoms with Crippen molar-refractivity contribution in [3.8, 4) is 5.75 Å². The zero-order valence-corrected chi connectivity index (χ0v) is 33.9. The molecule has 0 unspecified atom stereocenters. The Balaban J connectivity index is 0.000000238.